The smallest absolute Gasteiger partial charge is 0.358 e. The molecule has 0 aliphatic heterocycles. The van der Waals surface area contributed by atoms with Crippen LogP contribution in [0.5, 0.6) is 0 Å². The molecule has 2 heterocycles. The summed E-state index contributed by atoms with van der Waals surface area (Å²) >= 11 is 0. The molecule has 0 N–H and O–H groups in total. The highest BCUT2D eigenvalue weighted by molar-refractivity contribution is 5.88. The lowest BCUT2D eigenvalue weighted by atomic mass is 10.1. The van der Waals surface area contributed by atoms with E-state index in [2.05, 4.69) is 4.98 Å². The second-order valence-electron chi connectivity index (χ2n) is 4.51. The lowest BCUT2D eigenvalue weighted by molar-refractivity contribution is 0.0520. The monoisotopic (exact) mass is 284 g/mol. The van der Waals surface area contributed by atoms with Gasteiger partial charge in [-0.1, -0.05) is 18.2 Å². The summed E-state index contributed by atoms with van der Waals surface area (Å²) in [4.78, 5) is 15.8. The van der Waals surface area contributed by atoms with Gasteiger partial charge in [0.1, 0.15) is 11.5 Å². The molecule has 4 nitrogen and oxygen atoms in total. The molecule has 21 heavy (non-hydrogen) atoms. The van der Waals surface area contributed by atoms with Gasteiger partial charge in [-0.25, -0.2) is 14.2 Å². The summed E-state index contributed by atoms with van der Waals surface area (Å²) in [7, 11) is 0. The predicted molar refractivity (Wildman–Crippen MR) is 76.5 cm³/mol. The maximum absolute atomic E-state index is 13.8. The van der Waals surface area contributed by atoms with Crippen LogP contribution in [0.3, 0.4) is 0 Å². The van der Waals surface area contributed by atoms with Gasteiger partial charge in [-0.2, -0.15) is 0 Å². The van der Waals surface area contributed by atoms with E-state index >= 15 is 0 Å². The fourth-order valence-electron chi connectivity index (χ4n) is 2.15. The van der Waals surface area contributed by atoms with Gasteiger partial charge in [0.25, 0.3) is 0 Å². The van der Waals surface area contributed by atoms with E-state index in [1.165, 1.54) is 6.07 Å². The van der Waals surface area contributed by atoms with Crippen LogP contribution in [0.1, 0.15) is 17.4 Å². The number of carbonyl (C=O) groups is 1. The quantitative estimate of drug-likeness (QED) is 0.693. The number of benzene rings is 1. The number of rotatable bonds is 3. The summed E-state index contributed by atoms with van der Waals surface area (Å²) in [6.07, 6.45) is 3.32. The second kappa shape index (κ2) is 5.36. The van der Waals surface area contributed by atoms with Gasteiger partial charge in [-0.15, -0.1) is 0 Å². The molecule has 1 aromatic carbocycles. The highest BCUT2D eigenvalue weighted by atomic mass is 19.1. The standard InChI is InChI=1S/C16H13FN2O2/c1-2-21-16(20)14-10-19-9-11(7-8-15(19)18-14)12-5-3-4-6-13(12)17/h3-10H,2H2,1H3. The lowest BCUT2D eigenvalue weighted by Crippen LogP contribution is -2.04. The zero-order valence-corrected chi connectivity index (χ0v) is 11.4. The first kappa shape index (κ1) is 13.3. The molecule has 106 valence electrons. The second-order valence-corrected chi connectivity index (χ2v) is 4.51. The van der Waals surface area contributed by atoms with Crippen molar-refractivity contribution in [2.45, 2.75) is 6.92 Å². The summed E-state index contributed by atoms with van der Waals surface area (Å²) in [5.41, 5.74) is 2.07. The molecule has 0 saturated heterocycles. The average Bonchev–Trinajstić information content (AvgIpc) is 2.91. The Morgan fingerprint density at radius 2 is 2.05 bits per heavy atom. The van der Waals surface area contributed by atoms with E-state index in [1.807, 2.05) is 0 Å². The maximum Gasteiger partial charge on any atom is 0.358 e. The Balaban J connectivity index is 2.05. The van der Waals surface area contributed by atoms with Crippen molar-refractivity contribution in [3.63, 3.8) is 0 Å². The third-order valence-corrected chi connectivity index (χ3v) is 3.12. The van der Waals surface area contributed by atoms with Crippen LogP contribution in [0.4, 0.5) is 4.39 Å². The van der Waals surface area contributed by atoms with Gasteiger partial charge in [0, 0.05) is 23.5 Å². The SMILES string of the molecule is CCOC(=O)c1cn2cc(-c3ccccc3F)ccc2n1. The van der Waals surface area contributed by atoms with Gasteiger partial charge in [-0.05, 0) is 25.1 Å². The highest BCUT2D eigenvalue weighted by Gasteiger charge is 2.12. The number of aromatic nitrogens is 2. The number of halogens is 1. The summed E-state index contributed by atoms with van der Waals surface area (Å²) < 4.78 is 20.4. The fraction of sp³-hybridized carbons (Fsp3) is 0.125. The molecule has 5 heteroatoms. The molecule has 0 radical (unpaired) electrons. The van der Waals surface area contributed by atoms with Crippen molar-refractivity contribution in [2.24, 2.45) is 0 Å². The molecule has 0 atom stereocenters. The molecule has 0 unspecified atom stereocenters. The van der Waals surface area contributed by atoms with Gasteiger partial charge >= 0.3 is 5.97 Å². The van der Waals surface area contributed by atoms with E-state index < -0.39 is 5.97 Å². The number of nitrogens with zero attached hydrogens (tertiary/aromatic N) is 2. The molecular formula is C16H13FN2O2. The number of ether oxygens (including phenoxy) is 1. The van der Waals surface area contributed by atoms with E-state index in [0.29, 0.717) is 23.4 Å². The average molecular weight is 284 g/mol. The largest absolute Gasteiger partial charge is 0.461 e. The Bertz CT molecular complexity index is 811. The van der Waals surface area contributed by atoms with E-state index in [4.69, 9.17) is 4.74 Å². The molecule has 3 rings (SSSR count). The Kier molecular flexibility index (Phi) is 3.39. The number of fused-ring (bicyclic) bond motifs is 1. The molecule has 0 aliphatic carbocycles. The van der Waals surface area contributed by atoms with E-state index in [-0.39, 0.29) is 11.5 Å². The van der Waals surface area contributed by atoms with Crippen LogP contribution in [0.25, 0.3) is 16.8 Å². The van der Waals surface area contributed by atoms with Gasteiger partial charge in [0.2, 0.25) is 0 Å². The maximum atomic E-state index is 13.8. The first-order valence-corrected chi connectivity index (χ1v) is 6.60. The van der Waals surface area contributed by atoms with Crippen LogP contribution < -0.4 is 0 Å². The minimum absolute atomic E-state index is 0.238. The minimum Gasteiger partial charge on any atom is -0.461 e. The lowest BCUT2D eigenvalue weighted by Gasteiger charge is -2.03. The molecule has 0 saturated carbocycles. The summed E-state index contributed by atoms with van der Waals surface area (Å²) in [6.45, 7) is 2.04. The topological polar surface area (TPSA) is 43.6 Å². The molecule has 0 bridgehead atoms. The van der Waals surface area contributed by atoms with Gasteiger partial charge < -0.3 is 9.14 Å². The van der Waals surface area contributed by atoms with Gasteiger partial charge in [0.15, 0.2) is 5.69 Å². The van der Waals surface area contributed by atoms with Crippen molar-refractivity contribution in [3.8, 4) is 11.1 Å². The molecule has 0 spiro atoms. The normalized spacial score (nSPS) is 10.8. The van der Waals surface area contributed by atoms with Crippen LogP contribution in [0, 0.1) is 5.82 Å². The molecular weight excluding hydrogens is 271 g/mol. The first-order chi connectivity index (χ1) is 10.2. The first-order valence-electron chi connectivity index (χ1n) is 6.60. The number of pyridine rings is 1. The van der Waals surface area contributed by atoms with Crippen molar-refractivity contribution >= 4 is 11.6 Å². The number of hydrogen-bond acceptors (Lipinski definition) is 3. The molecule has 2 aromatic heterocycles. The summed E-state index contributed by atoms with van der Waals surface area (Å²) in [6, 6.07) is 10.1. The molecule has 0 fully saturated rings. The van der Waals surface area contributed by atoms with Gasteiger partial charge in [-0.3, -0.25) is 0 Å². The van der Waals surface area contributed by atoms with Crippen LogP contribution in [0.2, 0.25) is 0 Å². The fourth-order valence-corrected chi connectivity index (χ4v) is 2.15. The van der Waals surface area contributed by atoms with Crippen molar-refractivity contribution in [3.05, 3.63) is 60.3 Å². The Morgan fingerprint density at radius 1 is 1.24 bits per heavy atom. The minimum atomic E-state index is -0.464. The summed E-state index contributed by atoms with van der Waals surface area (Å²) in [5.74, 6) is -0.753. The Morgan fingerprint density at radius 3 is 2.81 bits per heavy atom. The van der Waals surface area contributed by atoms with E-state index in [1.54, 1.807) is 54.0 Å². The number of carbonyl (C=O) groups excluding carboxylic acids is 1. The Labute approximate surface area is 120 Å². The van der Waals surface area contributed by atoms with Crippen molar-refractivity contribution in [1.82, 2.24) is 9.38 Å². The third-order valence-electron chi connectivity index (χ3n) is 3.12. The summed E-state index contributed by atoms with van der Waals surface area (Å²) in [5, 5.41) is 0. The van der Waals surface area contributed by atoms with Gasteiger partial charge in [0.05, 0.1) is 6.61 Å². The third kappa shape index (κ3) is 2.50. The van der Waals surface area contributed by atoms with Crippen LogP contribution in [-0.4, -0.2) is 22.0 Å². The molecule has 0 aliphatic rings. The predicted octanol–water partition coefficient (Wildman–Crippen LogP) is 3.32. The van der Waals surface area contributed by atoms with Crippen molar-refractivity contribution < 1.29 is 13.9 Å². The zero-order chi connectivity index (χ0) is 14.8. The molecule has 3 aromatic rings. The molecule has 0 amide bonds. The van der Waals surface area contributed by atoms with Crippen molar-refractivity contribution in [2.75, 3.05) is 6.61 Å². The zero-order valence-electron chi connectivity index (χ0n) is 11.4. The number of esters is 1. The Hall–Kier alpha value is -2.69. The van der Waals surface area contributed by atoms with Crippen LogP contribution in [-0.2, 0) is 4.74 Å². The number of imidazole rings is 1. The van der Waals surface area contributed by atoms with Crippen LogP contribution >= 0.6 is 0 Å². The van der Waals surface area contributed by atoms with Crippen LogP contribution in [0.15, 0.2) is 48.8 Å². The van der Waals surface area contributed by atoms with E-state index in [9.17, 15) is 9.18 Å². The number of hydrogen-bond donors (Lipinski definition) is 0. The van der Waals surface area contributed by atoms with E-state index in [0.717, 1.165) is 0 Å². The van der Waals surface area contributed by atoms with Crippen molar-refractivity contribution in [1.29, 1.82) is 0 Å². The highest BCUT2D eigenvalue weighted by Crippen LogP contribution is 2.23.